The Morgan fingerprint density at radius 3 is 1.57 bits per heavy atom. The van der Waals surface area contributed by atoms with E-state index in [-0.39, 0.29) is 17.4 Å². The molecule has 0 aliphatic heterocycles. The normalized spacial score (nSPS) is 14.4. The van der Waals surface area contributed by atoms with Crippen LogP contribution in [0.1, 0.15) is 20.7 Å². The van der Waals surface area contributed by atoms with Crippen molar-refractivity contribution in [3.63, 3.8) is 0 Å². The number of hydrogen-bond acceptors (Lipinski definition) is 9. The molecule has 0 saturated heterocycles. The van der Waals surface area contributed by atoms with Gasteiger partial charge in [0.2, 0.25) is 0 Å². The molecule has 2 aromatic rings. The van der Waals surface area contributed by atoms with Gasteiger partial charge < -0.3 is 34.7 Å². The summed E-state index contributed by atoms with van der Waals surface area (Å²) >= 11 is 0. The second-order valence-electron chi connectivity index (χ2n) is 5.70. The number of aldehydes is 1. The van der Waals surface area contributed by atoms with Crippen LogP contribution in [0.4, 0.5) is 0 Å². The van der Waals surface area contributed by atoms with E-state index in [4.69, 9.17) is 9.47 Å². The van der Waals surface area contributed by atoms with E-state index in [9.17, 15) is 34.8 Å². The maximum absolute atomic E-state index is 12.2. The van der Waals surface area contributed by atoms with Gasteiger partial charge in [-0.05, 0) is 24.3 Å². The maximum Gasteiger partial charge on any atom is 0.404 e. The zero-order valence-electron chi connectivity index (χ0n) is 14.4. The molecular weight excluding hydrogens is 372 g/mol. The zero-order valence-corrected chi connectivity index (χ0v) is 14.4. The van der Waals surface area contributed by atoms with Crippen molar-refractivity contribution in [3.05, 3.63) is 71.8 Å². The minimum absolute atomic E-state index is 0.0608. The molecule has 0 amide bonds. The SMILES string of the molecule is O=C[C@H](O)[C@H](O)[C@H](O)C(O)(OC(=O)c1ccccc1)OC(=O)c1ccccc1. The van der Waals surface area contributed by atoms with Crippen LogP contribution in [0.25, 0.3) is 0 Å². The fourth-order valence-electron chi connectivity index (χ4n) is 2.16. The van der Waals surface area contributed by atoms with Gasteiger partial charge in [-0.25, -0.2) is 9.59 Å². The van der Waals surface area contributed by atoms with Gasteiger partial charge in [0.25, 0.3) is 0 Å². The van der Waals surface area contributed by atoms with Gasteiger partial charge in [0, 0.05) is 0 Å². The molecule has 0 saturated carbocycles. The fourth-order valence-corrected chi connectivity index (χ4v) is 2.16. The molecule has 2 aromatic carbocycles. The van der Waals surface area contributed by atoms with Crippen molar-refractivity contribution in [2.24, 2.45) is 0 Å². The van der Waals surface area contributed by atoms with Gasteiger partial charge in [-0.3, -0.25) is 0 Å². The lowest BCUT2D eigenvalue weighted by molar-refractivity contribution is -0.360. The summed E-state index contributed by atoms with van der Waals surface area (Å²) in [7, 11) is 0. The summed E-state index contributed by atoms with van der Waals surface area (Å²) in [5, 5.41) is 39.9. The van der Waals surface area contributed by atoms with E-state index in [1.54, 1.807) is 12.1 Å². The summed E-state index contributed by atoms with van der Waals surface area (Å²) in [6.45, 7) is 0. The molecule has 28 heavy (non-hydrogen) atoms. The third kappa shape index (κ3) is 4.99. The molecule has 4 N–H and O–H groups in total. The first-order chi connectivity index (χ1) is 13.3. The average Bonchev–Trinajstić information content (AvgIpc) is 2.73. The van der Waals surface area contributed by atoms with Gasteiger partial charge in [0.1, 0.15) is 12.2 Å². The van der Waals surface area contributed by atoms with E-state index in [2.05, 4.69) is 0 Å². The molecule has 0 aliphatic carbocycles. The maximum atomic E-state index is 12.2. The Hall–Kier alpha value is -3.11. The largest absolute Gasteiger partial charge is 0.404 e. The zero-order chi connectivity index (χ0) is 20.7. The lowest BCUT2D eigenvalue weighted by Crippen LogP contribution is -2.58. The Morgan fingerprint density at radius 2 is 1.21 bits per heavy atom. The van der Waals surface area contributed by atoms with Crippen molar-refractivity contribution in [1.82, 2.24) is 0 Å². The number of ether oxygens (including phenoxy) is 2. The van der Waals surface area contributed by atoms with E-state index in [1.807, 2.05) is 0 Å². The van der Waals surface area contributed by atoms with Crippen LogP contribution in [-0.2, 0) is 14.3 Å². The standard InChI is InChI=1S/C19H18O9/c20-11-14(21)15(22)16(23)19(26,27-17(24)12-7-3-1-4-8-12)28-18(25)13-9-5-2-6-10-13/h1-11,14-16,21-23,26H/t14-,15-,16-/m0/s1. The van der Waals surface area contributed by atoms with Gasteiger partial charge in [-0.15, -0.1) is 0 Å². The number of hydrogen-bond donors (Lipinski definition) is 4. The average molecular weight is 390 g/mol. The topological polar surface area (TPSA) is 151 Å². The fraction of sp³-hybridized carbons (Fsp3) is 0.211. The minimum Gasteiger partial charge on any atom is -0.392 e. The van der Waals surface area contributed by atoms with Crippen molar-refractivity contribution in [2.75, 3.05) is 0 Å². The van der Waals surface area contributed by atoms with Crippen molar-refractivity contribution < 1.29 is 44.3 Å². The first-order valence-corrected chi connectivity index (χ1v) is 8.07. The molecule has 9 nitrogen and oxygen atoms in total. The van der Waals surface area contributed by atoms with Gasteiger partial charge in [0.15, 0.2) is 12.4 Å². The Labute approximate surface area is 159 Å². The summed E-state index contributed by atoms with van der Waals surface area (Å²) in [5.41, 5.74) is -0.122. The van der Waals surface area contributed by atoms with Gasteiger partial charge in [-0.2, -0.15) is 0 Å². The predicted octanol–water partition coefficient (Wildman–Crippen LogP) is -0.372. The molecule has 2 rings (SSSR count). The lowest BCUT2D eigenvalue weighted by atomic mass is 10.1. The molecule has 0 bridgehead atoms. The number of carbonyl (C=O) groups excluding carboxylic acids is 3. The smallest absolute Gasteiger partial charge is 0.392 e. The monoisotopic (exact) mass is 390 g/mol. The molecule has 0 fully saturated rings. The van der Waals surface area contributed by atoms with Crippen LogP contribution in [0.5, 0.6) is 0 Å². The highest BCUT2D eigenvalue weighted by molar-refractivity contribution is 5.91. The summed E-state index contributed by atoms with van der Waals surface area (Å²) in [5.74, 6) is -5.80. The summed E-state index contributed by atoms with van der Waals surface area (Å²) in [4.78, 5) is 35.1. The molecule has 0 radical (unpaired) electrons. The van der Waals surface area contributed by atoms with E-state index < -0.39 is 36.2 Å². The third-order valence-electron chi connectivity index (χ3n) is 3.68. The van der Waals surface area contributed by atoms with Crippen LogP contribution in [0, 0.1) is 0 Å². The van der Waals surface area contributed by atoms with Crippen LogP contribution >= 0.6 is 0 Å². The van der Waals surface area contributed by atoms with Gasteiger partial charge in [0.05, 0.1) is 11.1 Å². The molecule has 148 valence electrons. The number of rotatable bonds is 8. The van der Waals surface area contributed by atoms with E-state index in [0.717, 1.165) is 0 Å². The summed E-state index contributed by atoms with van der Waals surface area (Å²) in [6, 6.07) is 14.5. The van der Waals surface area contributed by atoms with Crippen molar-refractivity contribution >= 4 is 18.2 Å². The van der Waals surface area contributed by atoms with E-state index in [0.29, 0.717) is 0 Å². The Kier molecular flexibility index (Phi) is 6.96. The van der Waals surface area contributed by atoms with Crippen LogP contribution in [0.15, 0.2) is 60.7 Å². The molecule has 0 heterocycles. The summed E-state index contributed by atoms with van der Waals surface area (Å²) in [6.07, 6.45) is -7.15. The number of aliphatic hydroxyl groups excluding tert-OH is 3. The molecule has 0 aromatic heterocycles. The highest BCUT2D eigenvalue weighted by Crippen LogP contribution is 2.23. The third-order valence-corrected chi connectivity index (χ3v) is 3.68. The second kappa shape index (κ2) is 9.20. The van der Waals surface area contributed by atoms with Crippen LogP contribution in [-0.4, -0.2) is 62.9 Å². The number of esters is 2. The molecule has 0 unspecified atom stereocenters. The minimum atomic E-state index is -3.40. The Balaban J connectivity index is 2.32. The van der Waals surface area contributed by atoms with Crippen molar-refractivity contribution in [1.29, 1.82) is 0 Å². The lowest BCUT2D eigenvalue weighted by Gasteiger charge is -2.33. The quantitative estimate of drug-likeness (QED) is 0.269. The van der Waals surface area contributed by atoms with Gasteiger partial charge >= 0.3 is 17.9 Å². The summed E-state index contributed by atoms with van der Waals surface area (Å²) < 4.78 is 9.46. The molecule has 3 atom stereocenters. The first kappa shape index (κ1) is 21.2. The Morgan fingerprint density at radius 1 is 0.821 bits per heavy atom. The second-order valence-corrected chi connectivity index (χ2v) is 5.70. The highest BCUT2D eigenvalue weighted by atomic mass is 16.8. The highest BCUT2D eigenvalue weighted by Gasteiger charge is 2.50. The molecule has 9 heteroatoms. The number of aliphatic hydroxyl groups is 4. The first-order valence-electron chi connectivity index (χ1n) is 8.07. The molecule has 0 aliphatic rings. The predicted molar refractivity (Wildman–Crippen MR) is 92.7 cm³/mol. The van der Waals surface area contributed by atoms with Crippen molar-refractivity contribution in [2.45, 2.75) is 24.3 Å². The van der Waals surface area contributed by atoms with Crippen LogP contribution in [0.3, 0.4) is 0 Å². The molecule has 0 spiro atoms. The van der Waals surface area contributed by atoms with Crippen molar-refractivity contribution in [3.8, 4) is 0 Å². The van der Waals surface area contributed by atoms with Crippen LogP contribution in [0.2, 0.25) is 0 Å². The van der Waals surface area contributed by atoms with E-state index >= 15 is 0 Å². The van der Waals surface area contributed by atoms with Crippen LogP contribution < -0.4 is 0 Å². The Bertz CT molecular complexity index is 753. The molecular formula is C19H18O9. The number of benzene rings is 2. The van der Waals surface area contributed by atoms with Gasteiger partial charge in [-0.1, -0.05) is 36.4 Å². The number of carbonyl (C=O) groups is 3. The van der Waals surface area contributed by atoms with E-state index in [1.165, 1.54) is 48.5 Å².